The lowest BCUT2D eigenvalue weighted by atomic mass is 10.1. The van der Waals surface area contributed by atoms with E-state index in [9.17, 15) is 4.79 Å². The molecular formula is C20H20N2O3S. The molecule has 0 bridgehead atoms. The Balaban J connectivity index is 1.53. The van der Waals surface area contributed by atoms with Crippen molar-refractivity contribution >= 4 is 28.8 Å². The van der Waals surface area contributed by atoms with E-state index in [1.807, 2.05) is 54.6 Å². The number of amides is 1. The van der Waals surface area contributed by atoms with E-state index in [0.717, 1.165) is 36.1 Å². The summed E-state index contributed by atoms with van der Waals surface area (Å²) in [5, 5.41) is 3.09. The van der Waals surface area contributed by atoms with E-state index in [1.54, 1.807) is 0 Å². The number of carbonyl (C=O) groups excluding carboxylic acids is 1. The van der Waals surface area contributed by atoms with Crippen LogP contribution in [0.15, 0.2) is 64.2 Å². The summed E-state index contributed by atoms with van der Waals surface area (Å²) in [6, 6.07) is 17.3. The quantitative estimate of drug-likeness (QED) is 0.667. The number of oxazole rings is 1. The first-order valence-corrected chi connectivity index (χ1v) is 9.64. The molecule has 1 saturated heterocycles. The minimum atomic E-state index is -0.425. The molecule has 2 atom stereocenters. The van der Waals surface area contributed by atoms with Gasteiger partial charge in [0.1, 0.15) is 10.8 Å². The minimum absolute atomic E-state index is 0.0565. The van der Waals surface area contributed by atoms with Gasteiger partial charge in [0.2, 0.25) is 5.91 Å². The van der Waals surface area contributed by atoms with E-state index < -0.39 is 5.25 Å². The predicted molar refractivity (Wildman–Crippen MR) is 101 cm³/mol. The Bertz CT molecular complexity index is 842. The number of aromatic nitrogens is 1. The fourth-order valence-corrected chi connectivity index (χ4v) is 3.99. The van der Waals surface area contributed by atoms with Crippen LogP contribution in [0.1, 0.15) is 23.7 Å². The summed E-state index contributed by atoms with van der Waals surface area (Å²) in [4.78, 5) is 17.4. The molecule has 1 fully saturated rings. The van der Waals surface area contributed by atoms with Crippen LogP contribution in [-0.2, 0) is 9.53 Å². The maximum atomic E-state index is 12.9. The van der Waals surface area contributed by atoms with Crippen molar-refractivity contribution in [3.05, 3.63) is 60.2 Å². The van der Waals surface area contributed by atoms with Gasteiger partial charge in [-0.15, -0.1) is 0 Å². The molecule has 134 valence electrons. The van der Waals surface area contributed by atoms with Crippen LogP contribution in [0.5, 0.6) is 0 Å². The molecule has 1 amide bonds. The zero-order chi connectivity index (χ0) is 17.8. The summed E-state index contributed by atoms with van der Waals surface area (Å²) in [5.41, 5.74) is 2.44. The van der Waals surface area contributed by atoms with E-state index in [-0.39, 0.29) is 12.0 Å². The van der Waals surface area contributed by atoms with Gasteiger partial charge in [-0.3, -0.25) is 4.79 Å². The minimum Gasteiger partial charge on any atom is -0.431 e. The lowest BCUT2D eigenvalue weighted by Gasteiger charge is -2.17. The average Bonchev–Trinajstić information content (AvgIpc) is 3.34. The second kappa shape index (κ2) is 7.93. The van der Waals surface area contributed by atoms with Crippen LogP contribution in [0, 0.1) is 0 Å². The summed E-state index contributed by atoms with van der Waals surface area (Å²) in [7, 11) is 0. The number of nitrogens with one attached hydrogen (secondary N) is 1. The van der Waals surface area contributed by atoms with Crippen LogP contribution in [0.2, 0.25) is 0 Å². The van der Waals surface area contributed by atoms with Crippen molar-refractivity contribution in [2.24, 2.45) is 0 Å². The Kier molecular flexibility index (Phi) is 5.22. The Morgan fingerprint density at radius 1 is 1.19 bits per heavy atom. The second-order valence-corrected chi connectivity index (χ2v) is 7.29. The summed E-state index contributed by atoms with van der Waals surface area (Å²) >= 11 is 1.33. The number of thioether (sulfide) groups is 1. The second-order valence-electron chi connectivity index (χ2n) is 6.24. The highest BCUT2D eigenvalue weighted by Crippen LogP contribution is 2.36. The average molecular weight is 368 g/mol. The predicted octanol–water partition coefficient (Wildman–Crippen LogP) is 3.96. The number of ether oxygens (including phenoxy) is 1. The van der Waals surface area contributed by atoms with Gasteiger partial charge < -0.3 is 14.5 Å². The molecule has 1 aliphatic rings. The van der Waals surface area contributed by atoms with Crippen LogP contribution in [0.3, 0.4) is 0 Å². The molecule has 2 heterocycles. The first-order valence-electron chi connectivity index (χ1n) is 8.76. The molecule has 0 unspecified atom stereocenters. The Labute approximate surface area is 156 Å². The van der Waals surface area contributed by atoms with Gasteiger partial charge in [0.25, 0.3) is 5.22 Å². The van der Waals surface area contributed by atoms with E-state index in [0.29, 0.717) is 11.8 Å². The zero-order valence-corrected chi connectivity index (χ0v) is 15.1. The van der Waals surface area contributed by atoms with Crippen LogP contribution in [0.4, 0.5) is 0 Å². The highest BCUT2D eigenvalue weighted by Gasteiger charge is 2.26. The largest absolute Gasteiger partial charge is 0.431 e. The number of hydrogen-bond acceptors (Lipinski definition) is 5. The molecule has 0 saturated carbocycles. The normalized spacial score (nSPS) is 18.1. The van der Waals surface area contributed by atoms with Gasteiger partial charge in [0.15, 0.2) is 5.58 Å². The summed E-state index contributed by atoms with van der Waals surface area (Å²) in [6.45, 7) is 1.32. The van der Waals surface area contributed by atoms with Gasteiger partial charge in [-0.2, -0.15) is 0 Å². The van der Waals surface area contributed by atoms with E-state index in [1.165, 1.54) is 11.8 Å². The van der Waals surface area contributed by atoms with Gasteiger partial charge in [0.05, 0.1) is 6.10 Å². The highest BCUT2D eigenvalue weighted by molar-refractivity contribution is 8.00. The molecule has 5 nitrogen and oxygen atoms in total. The van der Waals surface area contributed by atoms with Gasteiger partial charge in [-0.1, -0.05) is 42.5 Å². The zero-order valence-electron chi connectivity index (χ0n) is 14.3. The van der Waals surface area contributed by atoms with Crippen molar-refractivity contribution in [2.75, 3.05) is 13.2 Å². The van der Waals surface area contributed by atoms with Crippen LogP contribution in [0.25, 0.3) is 11.1 Å². The monoisotopic (exact) mass is 368 g/mol. The SMILES string of the molecule is O=C(NC[C@@H]1CCCO1)[C@H](Sc1nc2ccccc2o1)c1ccccc1. The van der Waals surface area contributed by atoms with Gasteiger partial charge >= 0.3 is 0 Å². The van der Waals surface area contributed by atoms with Crippen molar-refractivity contribution in [2.45, 2.75) is 29.4 Å². The number of para-hydroxylation sites is 2. The fourth-order valence-electron chi connectivity index (χ4n) is 3.02. The molecule has 6 heteroatoms. The van der Waals surface area contributed by atoms with Gasteiger partial charge in [0, 0.05) is 13.2 Å². The van der Waals surface area contributed by atoms with Crippen molar-refractivity contribution in [3.8, 4) is 0 Å². The number of fused-ring (bicyclic) bond motifs is 1. The van der Waals surface area contributed by atoms with Crippen LogP contribution in [-0.4, -0.2) is 30.1 Å². The summed E-state index contributed by atoms with van der Waals surface area (Å²) < 4.78 is 11.4. The molecule has 0 spiro atoms. The molecule has 1 N–H and O–H groups in total. The fraction of sp³-hybridized carbons (Fsp3) is 0.300. The van der Waals surface area contributed by atoms with E-state index >= 15 is 0 Å². The van der Waals surface area contributed by atoms with Crippen LogP contribution < -0.4 is 5.32 Å². The first-order chi connectivity index (χ1) is 12.8. The molecular weight excluding hydrogens is 348 g/mol. The lowest BCUT2D eigenvalue weighted by Crippen LogP contribution is -2.34. The Morgan fingerprint density at radius 2 is 2.00 bits per heavy atom. The number of nitrogens with zero attached hydrogens (tertiary/aromatic N) is 1. The molecule has 0 radical (unpaired) electrons. The van der Waals surface area contributed by atoms with Crippen molar-refractivity contribution < 1.29 is 13.9 Å². The van der Waals surface area contributed by atoms with Crippen molar-refractivity contribution in [1.29, 1.82) is 0 Å². The Hall–Kier alpha value is -2.31. The van der Waals surface area contributed by atoms with Crippen molar-refractivity contribution in [3.63, 3.8) is 0 Å². The van der Waals surface area contributed by atoms with Gasteiger partial charge in [-0.25, -0.2) is 4.98 Å². The van der Waals surface area contributed by atoms with E-state index in [4.69, 9.17) is 9.15 Å². The maximum Gasteiger partial charge on any atom is 0.257 e. The third-order valence-corrected chi connectivity index (χ3v) is 5.46. The van der Waals surface area contributed by atoms with Crippen molar-refractivity contribution in [1.82, 2.24) is 10.3 Å². The lowest BCUT2D eigenvalue weighted by molar-refractivity contribution is -0.121. The number of carbonyl (C=O) groups is 1. The molecule has 1 aliphatic heterocycles. The molecule has 2 aromatic carbocycles. The number of hydrogen-bond donors (Lipinski definition) is 1. The summed E-state index contributed by atoms with van der Waals surface area (Å²) in [6.07, 6.45) is 2.17. The molecule has 3 aromatic rings. The third-order valence-electron chi connectivity index (χ3n) is 4.36. The first kappa shape index (κ1) is 17.1. The van der Waals surface area contributed by atoms with Gasteiger partial charge in [-0.05, 0) is 42.3 Å². The summed E-state index contributed by atoms with van der Waals surface area (Å²) in [5.74, 6) is -0.0565. The standard InChI is InChI=1S/C20H20N2O3S/c23-19(21-13-15-9-6-12-24-15)18(14-7-2-1-3-8-14)26-20-22-16-10-4-5-11-17(16)25-20/h1-5,7-8,10-11,15,18H,6,9,12-13H2,(H,21,23)/t15-,18+/m0/s1. The smallest absolute Gasteiger partial charge is 0.257 e. The molecule has 0 aliphatic carbocycles. The van der Waals surface area contributed by atoms with Crippen LogP contribution >= 0.6 is 11.8 Å². The maximum absolute atomic E-state index is 12.9. The number of benzene rings is 2. The molecule has 26 heavy (non-hydrogen) atoms. The topological polar surface area (TPSA) is 64.4 Å². The molecule has 1 aromatic heterocycles. The number of rotatable bonds is 6. The van der Waals surface area contributed by atoms with E-state index in [2.05, 4.69) is 10.3 Å². The third kappa shape index (κ3) is 3.92. The highest BCUT2D eigenvalue weighted by atomic mass is 32.2. The Morgan fingerprint density at radius 3 is 2.77 bits per heavy atom. The molecule has 4 rings (SSSR count).